The molecular weight excluding hydrogens is 258 g/mol. The zero-order chi connectivity index (χ0) is 13.3. The van der Waals surface area contributed by atoms with E-state index < -0.39 is 14.9 Å². The average Bonchev–Trinajstić information content (AvgIpc) is 3.10. The van der Waals surface area contributed by atoms with E-state index in [4.69, 9.17) is 5.73 Å². The van der Waals surface area contributed by atoms with Crippen molar-refractivity contribution in [1.82, 2.24) is 4.72 Å². The Labute approximate surface area is 104 Å². The summed E-state index contributed by atoms with van der Waals surface area (Å²) >= 11 is 0. The van der Waals surface area contributed by atoms with Crippen LogP contribution in [0.25, 0.3) is 0 Å². The molecule has 8 heteroatoms. The Hall–Kier alpha value is -1.67. The van der Waals surface area contributed by atoms with Crippen molar-refractivity contribution in [2.45, 2.75) is 17.7 Å². The lowest BCUT2D eigenvalue weighted by Crippen LogP contribution is -2.26. The van der Waals surface area contributed by atoms with Crippen LogP contribution < -0.4 is 10.5 Å². The number of hydrogen-bond donors (Lipinski definition) is 2. The normalized spacial score (nSPS) is 15.6. The van der Waals surface area contributed by atoms with Crippen LogP contribution >= 0.6 is 0 Å². The van der Waals surface area contributed by atoms with Crippen molar-refractivity contribution in [2.24, 2.45) is 5.92 Å². The molecule has 0 spiro atoms. The first-order chi connectivity index (χ1) is 8.40. The van der Waals surface area contributed by atoms with Crippen LogP contribution in [-0.4, -0.2) is 19.9 Å². The van der Waals surface area contributed by atoms with E-state index >= 15 is 0 Å². The molecule has 0 aromatic heterocycles. The van der Waals surface area contributed by atoms with E-state index in [2.05, 4.69) is 4.72 Å². The highest BCUT2D eigenvalue weighted by Gasteiger charge is 2.26. The monoisotopic (exact) mass is 271 g/mol. The molecule has 0 saturated heterocycles. The number of nitrogens with zero attached hydrogens (tertiary/aromatic N) is 1. The van der Waals surface area contributed by atoms with Crippen LogP contribution in [0.3, 0.4) is 0 Å². The third kappa shape index (κ3) is 2.77. The van der Waals surface area contributed by atoms with Gasteiger partial charge in [0.2, 0.25) is 10.0 Å². The summed E-state index contributed by atoms with van der Waals surface area (Å²) in [4.78, 5) is 9.73. The fraction of sp³-hybridized carbons (Fsp3) is 0.400. The fourth-order valence-corrected chi connectivity index (χ4v) is 2.76. The van der Waals surface area contributed by atoms with E-state index in [-0.39, 0.29) is 16.3 Å². The predicted octanol–water partition coefficient (Wildman–Crippen LogP) is 0.865. The summed E-state index contributed by atoms with van der Waals surface area (Å²) in [5.74, 6) is 0.375. The smallest absolute Gasteiger partial charge is 0.270 e. The number of nitrogens with one attached hydrogen (secondary N) is 1. The standard InChI is InChI=1S/C10H13N3O4S/c11-9-4-3-8(13(14)15)5-10(9)18(16,17)12-6-7-1-2-7/h3-5,7,12H,1-2,6,11H2. The van der Waals surface area contributed by atoms with Crippen LogP contribution in [0.15, 0.2) is 23.1 Å². The molecule has 0 bridgehead atoms. The molecule has 3 N–H and O–H groups in total. The Morgan fingerprint density at radius 3 is 2.67 bits per heavy atom. The first-order valence-corrected chi connectivity index (χ1v) is 6.92. The number of nitrogens with two attached hydrogens (primary N) is 1. The van der Waals surface area contributed by atoms with E-state index in [1.54, 1.807) is 0 Å². The number of nitro groups is 1. The van der Waals surface area contributed by atoms with E-state index in [9.17, 15) is 18.5 Å². The van der Waals surface area contributed by atoms with Gasteiger partial charge in [0.25, 0.3) is 5.69 Å². The van der Waals surface area contributed by atoms with Crippen molar-refractivity contribution in [2.75, 3.05) is 12.3 Å². The third-order valence-corrected chi connectivity index (χ3v) is 4.24. The number of hydrogen-bond acceptors (Lipinski definition) is 5. The van der Waals surface area contributed by atoms with Gasteiger partial charge in [-0.05, 0) is 24.8 Å². The predicted molar refractivity (Wildman–Crippen MR) is 65.4 cm³/mol. The summed E-state index contributed by atoms with van der Waals surface area (Å²) in [6, 6.07) is 3.38. The zero-order valence-corrected chi connectivity index (χ0v) is 10.3. The van der Waals surface area contributed by atoms with Crippen molar-refractivity contribution in [3.05, 3.63) is 28.3 Å². The molecule has 1 aliphatic carbocycles. The van der Waals surface area contributed by atoms with Crippen LogP contribution in [0.1, 0.15) is 12.8 Å². The lowest BCUT2D eigenvalue weighted by Gasteiger charge is -2.08. The van der Waals surface area contributed by atoms with Gasteiger partial charge in [-0.1, -0.05) is 0 Å². The molecule has 1 aromatic carbocycles. The molecule has 1 aliphatic rings. The quantitative estimate of drug-likeness (QED) is 0.468. The van der Waals surface area contributed by atoms with E-state index in [0.717, 1.165) is 18.9 Å². The Bertz CT molecular complexity index is 581. The van der Waals surface area contributed by atoms with E-state index in [1.165, 1.54) is 12.1 Å². The largest absolute Gasteiger partial charge is 0.398 e. The van der Waals surface area contributed by atoms with Gasteiger partial charge in [0.1, 0.15) is 4.90 Å². The number of sulfonamides is 1. The second kappa shape index (κ2) is 4.54. The fourth-order valence-electron chi connectivity index (χ4n) is 1.50. The summed E-state index contributed by atoms with van der Waals surface area (Å²) in [7, 11) is -3.78. The van der Waals surface area contributed by atoms with Crippen LogP contribution in [-0.2, 0) is 10.0 Å². The summed E-state index contributed by atoms with van der Waals surface area (Å²) in [6.45, 7) is 0.352. The van der Waals surface area contributed by atoms with Crippen molar-refractivity contribution in [3.63, 3.8) is 0 Å². The second-order valence-corrected chi connectivity index (χ2v) is 6.01. The Morgan fingerprint density at radius 2 is 2.11 bits per heavy atom. The summed E-state index contributed by atoms with van der Waals surface area (Å²) < 4.78 is 26.3. The Kier molecular flexibility index (Phi) is 3.22. The minimum absolute atomic E-state index is 0.00361. The lowest BCUT2D eigenvalue weighted by atomic mass is 10.3. The molecule has 1 fully saturated rings. The van der Waals surface area contributed by atoms with Gasteiger partial charge in [-0.25, -0.2) is 13.1 Å². The van der Waals surface area contributed by atoms with Crippen LogP contribution in [0.2, 0.25) is 0 Å². The van der Waals surface area contributed by atoms with Gasteiger partial charge in [0.05, 0.1) is 10.6 Å². The maximum Gasteiger partial charge on any atom is 0.270 e. The van der Waals surface area contributed by atoms with Crippen molar-refractivity contribution >= 4 is 21.4 Å². The minimum atomic E-state index is -3.78. The number of rotatable bonds is 5. The highest BCUT2D eigenvalue weighted by Crippen LogP contribution is 2.29. The molecular formula is C10H13N3O4S. The van der Waals surface area contributed by atoms with E-state index in [0.29, 0.717) is 12.5 Å². The molecule has 2 rings (SSSR count). The molecule has 0 aliphatic heterocycles. The first-order valence-electron chi connectivity index (χ1n) is 5.44. The van der Waals surface area contributed by atoms with Crippen molar-refractivity contribution in [1.29, 1.82) is 0 Å². The second-order valence-electron chi connectivity index (χ2n) is 4.27. The van der Waals surface area contributed by atoms with Gasteiger partial charge in [0.15, 0.2) is 0 Å². The minimum Gasteiger partial charge on any atom is -0.398 e. The molecule has 0 atom stereocenters. The van der Waals surface area contributed by atoms with Gasteiger partial charge >= 0.3 is 0 Å². The lowest BCUT2D eigenvalue weighted by molar-refractivity contribution is -0.385. The van der Waals surface area contributed by atoms with Gasteiger partial charge in [-0.15, -0.1) is 0 Å². The number of benzene rings is 1. The van der Waals surface area contributed by atoms with E-state index in [1.807, 2.05) is 0 Å². The first kappa shape index (κ1) is 12.8. The molecule has 1 aromatic rings. The van der Waals surface area contributed by atoms with Crippen LogP contribution in [0, 0.1) is 16.0 Å². The molecule has 1 saturated carbocycles. The highest BCUT2D eigenvalue weighted by molar-refractivity contribution is 7.89. The molecule has 0 heterocycles. The topological polar surface area (TPSA) is 115 Å². The molecule has 0 unspecified atom stereocenters. The molecule has 18 heavy (non-hydrogen) atoms. The van der Waals surface area contributed by atoms with Crippen molar-refractivity contribution < 1.29 is 13.3 Å². The van der Waals surface area contributed by atoms with Crippen LogP contribution in [0.5, 0.6) is 0 Å². The van der Waals surface area contributed by atoms with Gasteiger partial charge < -0.3 is 5.73 Å². The number of anilines is 1. The highest BCUT2D eigenvalue weighted by atomic mass is 32.2. The maximum atomic E-state index is 11.9. The van der Waals surface area contributed by atoms with Gasteiger partial charge in [-0.2, -0.15) is 0 Å². The number of non-ortho nitro benzene ring substituents is 1. The average molecular weight is 271 g/mol. The molecule has 0 radical (unpaired) electrons. The Morgan fingerprint density at radius 1 is 1.44 bits per heavy atom. The number of nitrogen functional groups attached to an aromatic ring is 1. The summed E-state index contributed by atoms with van der Waals surface area (Å²) in [6.07, 6.45) is 2.01. The summed E-state index contributed by atoms with van der Waals surface area (Å²) in [5, 5.41) is 10.6. The zero-order valence-electron chi connectivity index (χ0n) is 9.50. The number of nitro benzene ring substituents is 1. The van der Waals surface area contributed by atoms with Gasteiger partial charge in [0, 0.05) is 18.7 Å². The SMILES string of the molecule is Nc1ccc([N+](=O)[O-])cc1S(=O)(=O)NCC1CC1. The maximum absolute atomic E-state index is 11.9. The summed E-state index contributed by atoms with van der Waals surface area (Å²) in [5.41, 5.74) is 5.26. The third-order valence-electron chi connectivity index (χ3n) is 2.76. The molecule has 98 valence electrons. The molecule has 7 nitrogen and oxygen atoms in total. The Balaban J connectivity index is 2.29. The van der Waals surface area contributed by atoms with Gasteiger partial charge in [-0.3, -0.25) is 10.1 Å². The molecule has 0 amide bonds. The van der Waals surface area contributed by atoms with Crippen molar-refractivity contribution in [3.8, 4) is 0 Å². The van der Waals surface area contributed by atoms with Crippen LogP contribution in [0.4, 0.5) is 11.4 Å².